The Balaban J connectivity index is 1.65. The highest BCUT2D eigenvalue weighted by Crippen LogP contribution is 2.36. The minimum Gasteiger partial charge on any atom is -0.496 e. The molecule has 0 radical (unpaired) electrons. The Kier molecular flexibility index (Phi) is 7.43. The van der Waals surface area contributed by atoms with Crippen LogP contribution in [-0.4, -0.2) is 24.5 Å². The highest BCUT2D eigenvalue weighted by Gasteiger charge is 2.30. The molecular formula is C23H31N3O2. The van der Waals surface area contributed by atoms with Crippen LogP contribution in [0, 0.1) is 11.8 Å². The van der Waals surface area contributed by atoms with Gasteiger partial charge in [0, 0.05) is 12.6 Å². The molecule has 2 aromatic rings. The van der Waals surface area contributed by atoms with Crippen LogP contribution < -0.4 is 15.8 Å². The lowest BCUT2D eigenvalue weighted by molar-refractivity contribution is -0.122. The molecule has 0 bridgehead atoms. The summed E-state index contributed by atoms with van der Waals surface area (Å²) >= 11 is 0. The number of hydrogen-bond donors (Lipinski definition) is 2. The quantitative estimate of drug-likeness (QED) is 0.732. The third-order valence-corrected chi connectivity index (χ3v) is 5.83. The third kappa shape index (κ3) is 5.32. The van der Waals surface area contributed by atoms with Crippen LogP contribution in [0.2, 0.25) is 0 Å². The minimum atomic E-state index is -0.0370. The molecule has 1 saturated carbocycles. The zero-order chi connectivity index (χ0) is 19.8. The number of pyridine rings is 1. The standard InChI is InChI=1S/C23H31N3O2/c1-28-21-8-3-2-6-18(21)13-14-22(27)26-23(20-7-4-5-15-25-20)19-11-9-17(16-24)10-12-19/h2-8,15,17,19,23H,9-14,16,24H2,1H3,(H,26,27)/t17?,19?,23-/m1/s1. The van der Waals surface area contributed by atoms with Crippen molar-refractivity contribution in [3.05, 3.63) is 59.9 Å². The maximum atomic E-state index is 12.8. The number of methoxy groups -OCH3 is 1. The van der Waals surface area contributed by atoms with Crippen molar-refractivity contribution >= 4 is 5.91 Å². The molecule has 0 unspecified atom stereocenters. The van der Waals surface area contributed by atoms with Gasteiger partial charge in [-0.05, 0) is 74.2 Å². The lowest BCUT2D eigenvalue weighted by Crippen LogP contribution is -2.36. The summed E-state index contributed by atoms with van der Waals surface area (Å²) in [5.41, 5.74) is 7.84. The van der Waals surface area contributed by atoms with Gasteiger partial charge in [0.2, 0.25) is 5.91 Å². The number of nitrogens with one attached hydrogen (secondary N) is 1. The Hall–Kier alpha value is -2.40. The molecule has 5 nitrogen and oxygen atoms in total. The molecule has 0 aliphatic heterocycles. The Morgan fingerprint density at radius 3 is 2.61 bits per heavy atom. The number of aromatic nitrogens is 1. The van der Waals surface area contributed by atoms with Gasteiger partial charge >= 0.3 is 0 Å². The van der Waals surface area contributed by atoms with E-state index in [1.807, 2.05) is 42.5 Å². The average molecular weight is 382 g/mol. The van der Waals surface area contributed by atoms with E-state index in [1.165, 1.54) is 0 Å². The van der Waals surface area contributed by atoms with Crippen molar-refractivity contribution in [3.63, 3.8) is 0 Å². The number of aryl methyl sites for hydroxylation is 1. The molecule has 1 amide bonds. The van der Waals surface area contributed by atoms with Crippen LogP contribution in [0.15, 0.2) is 48.7 Å². The van der Waals surface area contributed by atoms with Crippen LogP contribution in [-0.2, 0) is 11.2 Å². The fraction of sp³-hybridized carbons (Fsp3) is 0.478. The van der Waals surface area contributed by atoms with Gasteiger partial charge in [-0.25, -0.2) is 0 Å². The van der Waals surface area contributed by atoms with Crippen LogP contribution in [0.5, 0.6) is 5.75 Å². The molecular weight excluding hydrogens is 350 g/mol. The molecule has 1 atom stereocenters. The van der Waals surface area contributed by atoms with Gasteiger partial charge in [0.1, 0.15) is 5.75 Å². The van der Waals surface area contributed by atoms with Crippen LogP contribution in [0.3, 0.4) is 0 Å². The lowest BCUT2D eigenvalue weighted by Gasteiger charge is -2.33. The fourth-order valence-electron chi connectivity index (χ4n) is 4.15. The molecule has 3 rings (SSSR count). The van der Waals surface area contributed by atoms with E-state index in [-0.39, 0.29) is 11.9 Å². The van der Waals surface area contributed by atoms with E-state index >= 15 is 0 Å². The zero-order valence-corrected chi connectivity index (χ0v) is 16.6. The summed E-state index contributed by atoms with van der Waals surface area (Å²) in [4.78, 5) is 17.3. The van der Waals surface area contributed by atoms with Gasteiger partial charge < -0.3 is 15.8 Å². The molecule has 0 spiro atoms. The van der Waals surface area contributed by atoms with Gasteiger partial charge in [-0.1, -0.05) is 24.3 Å². The van der Waals surface area contributed by atoms with Gasteiger partial charge in [0.15, 0.2) is 0 Å². The largest absolute Gasteiger partial charge is 0.496 e. The summed E-state index contributed by atoms with van der Waals surface area (Å²) < 4.78 is 5.39. The molecule has 1 heterocycles. The third-order valence-electron chi connectivity index (χ3n) is 5.83. The van der Waals surface area contributed by atoms with Crippen molar-refractivity contribution in [1.82, 2.24) is 10.3 Å². The van der Waals surface area contributed by atoms with Gasteiger partial charge in [0.05, 0.1) is 18.8 Å². The predicted molar refractivity (Wildman–Crippen MR) is 111 cm³/mol. The number of rotatable bonds is 8. The first-order valence-electron chi connectivity index (χ1n) is 10.2. The van der Waals surface area contributed by atoms with E-state index in [0.29, 0.717) is 24.7 Å². The van der Waals surface area contributed by atoms with E-state index in [9.17, 15) is 4.79 Å². The molecule has 1 aromatic heterocycles. The smallest absolute Gasteiger partial charge is 0.220 e. The number of carbonyl (C=O) groups excluding carboxylic acids is 1. The molecule has 3 N–H and O–H groups in total. The van der Waals surface area contributed by atoms with Crippen LogP contribution in [0.25, 0.3) is 0 Å². The summed E-state index contributed by atoms with van der Waals surface area (Å²) in [6.07, 6.45) is 7.30. The Morgan fingerprint density at radius 1 is 1.18 bits per heavy atom. The molecule has 5 heteroatoms. The van der Waals surface area contributed by atoms with Crippen molar-refractivity contribution in [3.8, 4) is 5.75 Å². The second kappa shape index (κ2) is 10.2. The topological polar surface area (TPSA) is 77.2 Å². The first-order valence-corrected chi connectivity index (χ1v) is 10.2. The summed E-state index contributed by atoms with van der Waals surface area (Å²) in [7, 11) is 1.66. The van der Waals surface area contributed by atoms with Crippen LogP contribution in [0.1, 0.15) is 49.4 Å². The summed E-state index contributed by atoms with van der Waals surface area (Å²) in [6.45, 7) is 0.756. The van der Waals surface area contributed by atoms with Crippen molar-refractivity contribution in [2.24, 2.45) is 17.6 Å². The number of nitrogens with zero attached hydrogens (tertiary/aromatic N) is 1. The van der Waals surface area contributed by atoms with Gasteiger partial charge in [0.25, 0.3) is 0 Å². The predicted octanol–water partition coefficient (Wildman–Crippen LogP) is 3.65. The monoisotopic (exact) mass is 381 g/mol. The van der Waals surface area contributed by atoms with Crippen molar-refractivity contribution < 1.29 is 9.53 Å². The van der Waals surface area contributed by atoms with Crippen molar-refractivity contribution in [2.75, 3.05) is 13.7 Å². The van der Waals surface area contributed by atoms with E-state index in [0.717, 1.165) is 49.2 Å². The second-order valence-electron chi connectivity index (χ2n) is 7.63. The molecule has 0 saturated heterocycles. The number of amides is 1. The van der Waals surface area contributed by atoms with E-state index in [1.54, 1.807) is 13.3 Å². The Labute approximate surface area is 167 Å². The van der Waals surface area contributed by atoms with Gasteiger partial charge in [-0.2, -0.15) is 0 Å². The molecule has 1 aromatic carbocycles. The number of benzene rings is 1. The fourth-order valence-corrected chi connectivity index (χ4v) is 4.15. The van der Waals surface area contributed by atoms with Gasteiger partial charge in [-0.15, -0.1) is 0 Å². The number of nitrogens with two attached hydrogens (primary N) is 1. The SMILES string of the molecule is COc1ccccc1CCC(=O)N[C@@H](c1ccccn1)C1CCC(CN)CC1. The zero-order valence-electron chi connectivity index (χ0n) is 16.6. The lowest BCUT2D eigenvalue weighted by atomic mass is 9.77. The van der Waals surface area contributed by atoms with Crippen molar-refractivity contribution in [1.29, 1.82) is 0 Å². The second-order valence-corrected chi connectivity index (χ2v) is 7.63. The number of para-hydroxylation sites is 1. The summed E-state index contributed by atoms with van der Waals surface area (Å²) in [5, 5.41) is 3.27. The van der Waals surface area contributed by atoms with Crippen molar-refractivity contribution in [2.45, 2.75) is 44.6 Å². The van der Waals surface area contributed by atoms with Gasteiger partial charge in [-0.3, -0.25) is 9.78 Å². The highest BCUT2D eigenvalue weighted by molar-refractivity contribution is 5.76. The Bertz CT molecular complexity index is 743. The average Bonchev–Trinajstić information content (AvgIpc) is 2.77. The van der Waals surface area contributed by atoms with E-state index < -0.39 is 0 Å². The van der Waals surface area contributed by atoms with Crippen LogP contribution >= 0.6 is 0 Å². The Morgan fingerprint density at radius 2 is 1.93 bits per heavy atom. The first-order chi connectivity index (χ1) is 13.7. The number of carbonyl (C=O) groups is 1. The molecule has 1 aliphatic rings. The molecule has 1 aliphatic carbocycles. The molecule has 150 valence electrons. The molecule has 1 fully saturated rings. The minimum absolute atomic E-state index is 0.0370. The first kappa shape index (κ1) is 20.3. The van der Waals surface area contributed by atoms with E-state index in [4.69, 9.17) is 10.5 Å². The number of hydrogen-bond acceptors (Lipinski definition) is 4. The normalized spacial score (nSPS) is 20.4. The summed E-state index contributed by atoms with van der Waals surface area (Å²) in [6, 6.07) is 13.7. The highest BCUT2D eigenvalue weighted by atomic mass is 16.5. The maximum absolute atomic E-state index is 12.8. The summed E-state index contributed by atoms with van der Waals surface area (Å²) in [5.74, 6) is 1.91. The van der Waals surface area contributed by atoms with Crippen LogP contribution in [0.4, 0.5) is 0 Å². The van der Waals surface area contributed by atoms with E-state index in [2.05, 4.69) is 10.3 Å². The maximum Gasteiger partial charge on any atom is 0.220 e. The molecule has 28 heavy (non-hydrogen) atoms. The number of ether oxygens (including phenoxy) is 1.